The van der Waals surface area contributed by atoms with E-state index < -0.39 is 12.1 Å². The lowest BCUT2D eigenvalue weighted by molar-refractivity contribution is -0.118. The van der Waals surface area contributed by atoms with Gasteiger partial charge in [-0.05, 0) is 60.6 Å². The van der Waals surface area contributed by atoms with Gasteiger partial charge in [-0.1, -0.05) is 84.9 Å². The molecule has 200 valence electrons. The number of nitrogens with one attached hydrogen (secondary N) is 2. The van der Waals surface area contributed by atoms with E-state index in [4.69, 9.17) is 9.47 Å². The number of alkyl carbamates (subject to hydrolysis) is 1. The van der Waals surface area contributed by atoms with Crippen LogP contribution in [0, 0.1) is 0 Å². The Labute approximate surface area is 229 Å². The molecule has 7 nitrogen and oxygen atoms in total. The van der Waals surface area contributed by atoms with Crippen LogP contribution < -0.4 is 15.4 Å². The van der Waals surface area contributed by atoms with Crippen molar-refractivity contribution in [3.63, 3.8) is 0 Å². The standard InChI is InChI=1S/C32H33N3O4/c1-35(2)21-26-14-9-15-28(20-26)33-31(36)30(34-32(37)39-23-25-12-7-4-8-13-25)27-16-18-29(19-17-27)38-22-24-10-5-3-6-11-24/h3-20,30H,21-23H2,1-2H3,(H,33,36)(H,34,37)/t30-/m1/s1. The Bertz CT molecular complexity index is 1340. The lowest BCUT2D eigenvalue weighted by Gasteiger charge is -2.20. The number of carbonyl (C=O) groups is 2. The first-order valence-electron chi connectivity index (χ1n) is 12.7. The van der Waals surface area contributed by atoms with Gasteiger partial charge in [-0.15, -0.1) is 0 Å². The molecule has 0 saturated carbocycles. The highest BCUT2D eigenvalue weighted by Gasteiger charge is 2.24. The Morgan fingerprint density at radius 3 is 2.00 bits per heavy atom. The van der Waals surface area contributed by atoms with Crippen LogP contribution in [0.25, 0.3) is 0 Å². The second-order valence-corrected chi connectivity index (χ2v) is 9.41. The molecule has 0 spiro atoms. The smallest absolute Gasteiger partial charge is 0.408 e. The maximum absolute atomic E-state index is 13.4. The molecule has 0 aliphatic rings. The van der Waals surface area contributed by atoms with Crippen LogP contribution in [0.3, 0.4) is 0 Å². The molecule has 1 atom stereocenters. The molecular formula is C32H33N3O4. The summed E-state index contributed by atoms with van der Waals surface area (Å²) in [6.07, 6.45) is -0.690. The third kappa shape index (κ3) is 8.72. The van der Waals surface area contributed by atoms with Gasteiger partial charge < -0.3 is 25.0 Å². The van der Waals surface area contributed by atoms with E-state index in [1.165, 1.54) is 0 Å². The first kappa shape index (κ1) is 27.4. The number of amides is 2. The summed E-state index contributed by atoms with van der Waals surface area (Å²) in [4.78, 5) is 28.2. The summed E-state index contributed by atoms with van der Waals surface area (Å²) in [6.45, 7) is 1.26. The van der Waals surface area contributed by atoms with Crippen molar-refractivity contribution in [2.45, 2.75) is 25.8 Å². The molecule has 2 amide bonds. The predicted molar refractivity (Wildman–Crippen MR) is 152 cm³/mol. The number of rotatable bonds is 11. The van der Waals surface area contributed by atoms with E-state index >= 15 is 0 Å². The maximum atomic E-state index is 13.4. The summed E-state index contributed by atoms with van der Waals surface area (Å²) in [7, 11) is 3.97. The topological polar surface area (TPSA) is 79.9 Å². The fraction of sp³-hybridized carbons (Fsp3) is 0.188. The fourth-order valence-corrected chi connectivity index (χ4v) is 4.01. The lowest BCUT2D eigenvalue weighted by Crippen LogP contribution is -2.37. The van der Waals surface area contributed by atoms with Gasteiger partial charge >= 0.3 is 6.09 Å². The molecule has 0 aliphatic heterocycles. The Kier molecular flexibility index (Phi) is 9.69. The summed E-state index contributed by atoms with van der Waals surface area (Å²) in [5.74, 6) is 0.274. The predicted octanol–water partition coefficient (Wildman–Crippen LogP) is 5.93. The second-order valence-electron chi connectivity index (χ2n) is 9.41. The van der Waals surface area contributed by atoms with Crippen LogP contribution in [0.2, 0.25) is 0 Å². The maximum Gasteiger partial charge on any atom is 0.408 e. The molecule has 7 heteroatoms. The van der Waals surface area contributed by atoms with Crippen LogP contribution in [0.5, 0.6) is 5.75 Å². The number of benzene rings is 4. The van der Waals surface area contributed by atoms with E-state index in [0.717, 1.165) is 23.2 Å². The Morgan fingerprint density at radius 2 is 1.36 bits per heavy atom. The zero-order valence-corrected chi connectivity index (χ0v) is 22.2. The van der Waals surface area contributed by atoms with Gasteiger partial charge in [-0.3, -0.25) is 4.79 Å². The monoisotopic (exact) mass is 523 g/mol. The van der Waals surface area contributed by atoms with Gasteiger partial charge in [-0.25, -0.2) is 4.79 Å². The van der Waals surface area contributed by atoms with Crippen LogP contribution >= 0.6 is 0 Å². The molecule has 0 saturated heterocycles. The van der Waals surface area contributed by atoms with Crippen LogP contribution in [0.4, 0.5) is 10.5 Å². The third-order valence-electron chi connectivity index (χ3n) is 5.89. The quantitative estimate of drug-likeness (QED) is 0.255. The molecule has 0 aliphatic carbocycles. The van der Waals surface area contributed by atoms with E-state index in [2.05, 4.69) is 15.5 Å². The van der Waals surface area contributed by atoms with Crippen molar-refractivity contribution in [3.05, 3.63) is 131 Å². The van der Waals surface area contributed by atoms with Crippen molar-refractivity contribution >= 4 is 17.7 Å². The van der Waals surface area contributed by atoms with Gasteiger partial charge in [0, 0.05) is 12.2 Å². The van der Waals surface area contributed by atoms with Crippen LogP contribution in [0.15, 0.2) is 109 Å². The van der Waals surface area contributed by atoms with Gasteiger partial charge in [0.15, 0.2) is 0 Å². The normalized spacial score (nSPS) is 11.5. The Balaban J connectivity index is 1.47. The molecule has 4 aromatic carbocycles. The molecule has 0 radical (unpaired) electrons. The van der Waals surface area contributed by atoms with E-state index in [-0.39, 0.29) is 12.5 Å². The average Bonchev–Trinajstić information content (AvgIpc) is 2.95. The molecule has 39 heavy (non-hydrogen) atoms. The van der Waals surface area contributed by atoms with Gasteiger partial charge in [0.1, 0.15) is 25.0 Å². The van der Waals surface area contributed by atoms with E-state index in [9.17, 15) is 9.59 Å². The summed E-state index contributed by atoms with van der Waals surface area (Å²) in [6, 6.07) is 33.0. The van der Waals surface area contributed by atoms with Gasteiger partial charge in [0.25, 0.3) is 5.91 Å². The van der Waals surface area contributed by atoms with Crippen molar-refractivity contribution < 1.29 is 19.1 Å². The van der Waals surface area contributed by atoms with Crippen molar-refractivity contribution in [1.29, 1.82) is 0 Å². The number of ether oxygens (including phenoxy) is 2. The first-order chi connectivity index (χ1) is 19.0. The van der Waals surface area contributed by atoms with Crippen LogP contribution in [-0.4, -0.2) is 31.0 Å². The van der Waals surface area contributed by atoms with E-state index in [1.807, 2.05) is 99.0 Å². The molecule has 0 fully saturated rings. The lowest BCUT2D eigenvalue weighted by atomic mass is 10.1. The Hall–Kier alpha value is -4.62. The summed E-state index contributed by atoms with van der Waals surface area (Å²) in [5, 5.41) is 5.66. The minimum Gasteiger partial charge on any atom is -0.489 e. The number of anilines is 1. The van der Waals surface area contributed by atoms with Crippen molar-refractivity contribution in [1.82, 2.24) is 10.2 Å². The summed E-state index contributed by atoms with van der Waals surface area (Å²) < 4.78 is 11.3. The van der Waals surface area contributed by atoms with Crippen LogP contribution in [-0.2, 0) is 29.3 Å². The minimum absolute atomic E-state index is 0.0971. The van der Waals surface area contributed by atoms with Gasteiger partial charge in [0.05, 0.1) is 0 Å². The summed E-state index contributed by atoms with van der Waals surface area (Å²) in [5.41, 5.74) is 4.21. The molecule has 0 heterocycles. The molecule has 0 aromatic heterocycles. The SMILES string of the molecule is CN(C)Cc1cccc(NC(=O)[C@H](NC(=O)OCc2ccccc2)c2ccc(OCc3ccccc3)cc2)c1. The number of hydrogen-bond donors (Lipinski definition) is 2. The number of nitrogens with zero attached hydrogens (tertiary/aromatic N) is 1. The molecule has 2 N–H and O–H groups in total. The first-order valence-corrected chi connectivity index (χ1v) is 12.7. The molecule has 0 bridgehead atoms. The fourth-order valence-electron chi connectivity index (χ4n) is 4.01. The number of carbonyl (C=O) groups excluding carboxylic acids is 2. The van der Waals surface area contributed by atoms with E-state index in [1.54, 1.807) is 24.3 Å². The second kappa shape index (κ2) is 13.8. The minimum atomic E-state index is -0.978. The van der Waals surface area contributed by atoms with E-state index in [0.29, 0.717) is 23.6 Å². The number of hydrogen-bond acceptors (Lipinski definition) is 5. The Morgan fingerprint density at radius 1 is 0.744 bits per heavy atom. The zero-order chi connectivity index (χ0) is 27.5. The van der Waals surface area contributed by atoms with Crippen molar-refractivity contribution in [2.24, 2.45) is 0 Å². The van der Waals surface area contributed by atoms with Gasteiger partial charge in [0.2, 0.25) is 0 Å². The molecule has 0 unspecified atom stereocenters. The molecule has 4 aromatic rings. The third-order valence-corrected chi connectivity index (χ3v) is 5.89. The van der Waals surface area contributed by atoms with Crippen molar-refractivity contribution in [3.8, 4) is 5.75 Å². The highest BCUT2D eigenvalue weighted by atomic mass is 16.5. The highest BCUT2D eigenvalue weighted by molar-refractivity contribution is 5.97. The highest BCUT2D eigenvalue weighted by Crippen LogP contribution is 2.22. The van der Waals surface area contributed by atoms with Crippen LogP contribution in [0.1, 0.15) is 28.3 Å². The largest absolute Gasteiger partial charge is 0.489 e. The van der Waals surface area contributed by atoms with Gasteiger partial charge in [-0.2, -0.15) is 0 Å². The van der Waals surface area contributed by atoms with Crippen molar-refractivity contribution in [2.75, 3.05) is 19.4 Å². The zero-order valence-electron chi connectivity index (χ0n) is 22.2. The summed E-state index contributed by atoms with van der Waals surface area (Å²) >= 11 is 0. The molecular weight excluding hydrogens is 490 g/mol. The molecule has 4 rings (SSSR count). The average molecular weight is 524 g/mol.